The molecule has 130 valence electrons. The highest BCUT2D eigenvalue weighted by molar-refractivity contribution is 6.35. The summed E-state index contributed by atoms with van der Waals surface area (Å²) in [5.74, 6) is -1.41. The van der Waals surface area contributed by atoms with Gasteiger partial charge in [-0.3, -0.25) is 19.7 Å². The van der Waals surface area contributed by atoms with Crippen molar-refractivity contribution in [3.05, 3.63) is 80.9 Å². The third-order valence-corrected chi connectivity index (χ3v) is 3.92. The van der Waals surface area contributed by atoms with Crippen molar-refractivity contribution in [2.45, 2.75) is 6.92 Å². The van der Waals surface area contributed by atoms with Crippen LogP contribution in [0.25, 0.3) is 5.76 Å². The van der Waals surface area contributed by atoms with Crippen LogP contribution < -0.4 is 5.43 Å². The Morgan fingerprint density at radius 1 is 1.12 bits per heavy atom. The number of nitrogens with zero attached hydrogens (tertiary/aromatic N) is 2. The van der Waals surface area contributed by atoms with E-state index in [1.165, 1.54) is 31.2 Å². The molecule has 26 heavy (non-hydrogen) atoms. The first-order chi connectivity index (χ1) is 12.4. The van der Waals surface area contributed by atoms with Crippen molar-refractivity contribution < 1.29 is 19.6 Å². The van der Waals surface area contributed by atoms with Crippen LogP contribution >= 0.6 is 0 Å². The molecule has 0 radical (unpaired) electrons. The number of carbonyl (C=O) groups excluding carboxylic acids is 2. The Morgan fingerprint density at radius 3 is 2.38 bits per heavy atom. The molecule has 1 aliphatic carbocycles. The maximum atomic E-state index is 12.4. The van der Waals surface area contributed by atoms with Crippen molar-refractivity contribution in [3.8, 4) is 0 Å². The number of hydrogen-bond donors (Lipinski definition) is 2. The van der Waals surface area contributed by atoms with Gasteiger partial charge in [-0.2, -0.15) is 5.10 Å². The number of aliphatic hydroxyl groups excluding tert-OH is 1. The highest BCUT2D eigenvalue weighted by Crippen LogP contribution is 2.31. The van der Waals surface area contributed by atoms with E-state index in [2.05, 4.69) is 10.5 Å². The van der Waals surface area contributed by atoms with Gasteiger partial charge in [0.15, 0.2) is 5.78 Å². The molecule has 0 atom stereocenters. The van der Waals surface area contributed by atoms with Crippen molar-refractivity contribution >= 4 is 28.8 Å². The molecule has 2 aromatic rings. The molecule has 0 saturated heterocycles. The topological polar surface area (TPSA) is 122 Å². The Labute approximate surface area is 147 Å². The van der Waals surface area contributed by atoms with Gasteiger partial charge in [0.05, 0.1) is 16.2 Å². The Kier molecular flexibility index (Phi) is 4.32. The summed E-state index contributed by atoms with van der Waals surface area (Å²) in [7, 11) is 0. The van der Waals surface area contributed by atoms with Crippen molar-refractivity contribution in [3.63, 3.8) is 0 Å². The number of aliphatic hydroxyl groups is 1. The smallest absolute Gasteiger partial charge is 0.282 e. The maximum Gasteiger partial charge on any atom is 0.282 e. The Morgan fingerprint density at radius 2 is 1.73 bits per heavy atom. The Hall–Kier alpha value is -3.81. The number of benzene rings is 2. The van der Waals surface area contributed by atoms with Crippen LogP contribution in [0, 0.1) is 10.1 Å². The summed E-state index contributed by atoms with van der Waals surface area (Å²) < 4.78 is 0. The van der Waals surface area contributed by atoms with Crippen molar-refractivity contribution in [2.75, 3.05) is 0 Å². The number of nitrogens with one attached hydrogen (secondary N) is 1. The van der Waals surface area contributed by atoms with Gasteiger partial charge in [-0.25, -0.2) is 5.43 Å². The molecule has 8 nitrogen and oxygen atoms in total. The molecule has 2 N–H and O–H groups in total. The van der Waals surface area contributed by atoms with E-state index in [1.807, 2.05) is 0 Å². The molecule has 1 amide bonds. The van der Waals surface area contributed by atoms with E-state index in [-0.39, 0.29) is 28.3 Å². The number of rotatable bonds is 4. The van der Waals surface area contributed by atoms with E-state index in [0.29, 0.717) is 11.1 Å². The predicted molar refractivity (Wildman–Crippen MR) is 94.0 cm³/mol. The molecule has 1 aliphatic rings. The lowest BCUT2D eigenvalue weighted by Gasteiger charge is -2.04. The second kappa shape index (κ2) is 6.60. The summed E-state index contributed by atoms with van der Waals surface area (Å²) >= 11 is 0. The summed E-state index contributed by atoms with van der Waals surface area (Å²) in [6.45, 7) is 1.45. The number of nitro groups is 1. The molecule has 8 heteroatoms. The molecule has 0 fully saturated rings. The minimum Gasteiger partial charge on any atom is -0.506 e. The first-order valence-electron chi connectivity index (χ1n) is 7.57. The van der Waals surface area contributed by atoms with Gasteiger partial charge in [0.25, 0.3) is 11.6 Å². The van der Waals surface area contributed by atoms with Crippen LogP contribution in [-0.2, 0) is 0 Å². The fraction of sp³-hybridized carbons (Fsp3) is 0.0556. The second-order valence-electron chi connectivity index (χ2n) is 5.51. The molecular weight excluding hydrogens is 338 g/mol. The van der Waals surface area contributed by atoms with Gasteiger partial charge in [0, 0.05) is 17.2 Å². The molecule has 0 heterocycles. The molecule has 0 saturated carbocycles. The van der Waals surface area contributed by atoms with E-state index in [1.54, 1.807) is 24.3 Å². The van der Waals surface area contributed by atoms with Crippen molar-refractivity contribution in [1.82, 2.24) is 5.43 Å². The van der Waals surface area contributed by atoms with Crippen LogP contribution in [-0.4, -0.2) is 27.4 Å². The zero-order valence-electron chi connectivity index (χ0n) is 13.6. The minimum absolute atomic E-state index is 0.0194. The normalized spacial score (nSPS) is 13.6. The van der Waals surface area contributed by atoms with Crippen LogP contribution in [0.15, 0.2) is 59.2 Å². The summed E-state index contributed by atoms with van der Waals surface area (Å²) in [6.07, 6.45) is 0. The zero-order chi connectivity index (χ0) is 18.8. The van der Waals surface area contributed by atoms with Crippen LogP contribution in [0.4, 0.5) is 5.69 Å². The molecule has 2 aromatic carbocycles. The number of hydrogen-bond acceptors (Lipinski definition) is 6. The average Bonchev–Trinajstić information content (AvgIpc) is 2.90. The lowest BCUT2D eigenvalue weighted by molar-refractivity contribution is -0.385. The highest BCUT2D eigenvalue weighted by Gasteiger charge is 2.31. The number of carbonyl (C=O) groups is 2. The molecule has 0 aromatic heterocycles. The van der Waals surface area contributed by atoms with Crippen LogP contribution in [0.5, 0.6) is 0 Å². The predicted octanol–water partition coefficient (Wildman–Crippen LogP) is 2.87. The third kappa shape index (κ3) is 2.84. The monoisotopic (exact) mass is 351 g/mol. The highest BCUT2D eigenvalue weighted by atomic mass is 16.6. The van der Waals surface area contributed by atoms with E-state index in [0.717, 1.165) is 0 Å². The maximum absolute atomic E-state index is 12.4. The lowest BCUT2D eigenvalue weighted by atomic mass is 10.1. The quantitative estimate of drug-likeness (QED) is 0.498. The molecule has 0 spiro atoms. The number of para-hydroxylation sites is 1. The fourth-order valence-electron chi connectivity index (χ4n) is 2.68. The first kappa shape index (κ1) is 17.0. The van der Waals surface area contributed by atoms with E-state index in [9.17, 15) is 24.8 Å². The van der Waals surface area contributed by atoms with E-state index < -0.39 is 16.6 Å². The van der Waals surface area contributed by atoms with E-state index >= 15 is 0 Å². The third-order valence-electron chi connectivity index (χ3n) is 3.92. The van der Waals surface area contributed by atoms with Gasteiger partial charge >= 0.3 is 0 Å². The summed E-state index contributed by atoms with van der Waals surface area (Å²) in [4.78, 5) is 34.9. The number of amides is 1. The standard InChI is InChI=1S/C18H13N3O5/c1-10(15-16(22)11-6-2-3-7-12(11)17(15)23)19-20-18(24)13-8-4-5-9-14(13)21(25)26/h2-9,22H,1H3,(H,20,24). The summed E-state index contributed by atoms with van der Waals surface area (Å²) in [5.41, 5.74) is 2.49. The molecule has 3 rings (SSSR count). The van der Waals surface area contributed by atoms with Gasteiger partial charge in [0.1, 0.15) is 11.3 Å². The number of nitro benzene ring substituents is 1. The summed E-state index contributed by atoms with van der Waals surface area (Å²) in [5, 5.41) is 25.1. The van der Waals surface area contributed by atoms with Crippen LogP contribution in [0.1, 0.15) is 33.2 Å². The molecule has 0 unspecified atom stereocenters. The van der Waals surface area contributed by atoms with Crippen LogP contribution in [0.3, 0.4) is 0 Å². The second-order valence-corrected chi connectivity index (χ2v) is 5.51. The molecular formula is C18H13N3O5. The number of fused-ring (bicyclic) bond motifs is 1. The SMILES string of the molecule is CC(=NNC(=O)c1ccccc1[N+](=O)[O-])C1=C(O)c2ccccc2C1=O. The van der Waals surface area contributed by atoms with Gasteiger partial charge in [-0.05, 0) is 13.0 Å². The number of Topliss-reactive ketones (excluding diaryl/α,β-unsaturated/α-hetero) is 1. The van der Waals surface area contributed by atoms with Crippen molar-refractivity contribution in [1.29, 1.82) is 0 Å². The average molecular weight is 351 g/mol. The van der Waals surface area contributed by atoms with Gasteiger partial charge in [-0.15, -0.1) is 0 Å². The number of ketones is 1. The van der Waals surface area contributed by atoms with Gasteiger partial charge in [-0.1, -0.05) is 36.4 Å². The minimum atomic E-state index is -0.792. The lowest BCUT2D eigenvalue weighted by Crippen LogP contribution is -2.21. The Balaban J connectivity index is 1.87. The zero-order valence-corrected chi connectivity index (χ0v) is 13.6. The summed E-state index contributed by atoms with van der Waals surface area (Å²) in [6, 6.07) is 12.0. The van der Waals surface area contributed by atoms with Crippen LogP contribution in [0.2, 0.25) is 0 Å². The van der Waals surface area contributed by atoms with Crippen molar-refractivity contribution in [2.24, 2.45) is 5.10 Å². The number of hydrazone groups is 1. The number of allylic oxidation sites excluding steroid dienone is 1. The van der Waals surface area contributed by atoms with Gasteiger partial charge < -0.3 is 5.11 Å². The largest absolute Gasteiger partial charge is 0.506 e. The Bertz CT molecular complexity index is 1010. The van der Waals surface area contributed by atoms with Gasteiger partial charge in [0.2, 0.25) is 0 Å². The molecule has 0 bridgehead atoms. The first-order valence-corrected chi connectivity index (χ1v) is 7.57. The molecule has 0 aliphatic heterocycles. The van der Waals surface area contributed by atoms with E-state index in [4.69, 9.17) is 0 Å². The fourth-order valence-corrected chi connectivity index (χ4v) is 2.68.